The van der Waals surface area contributed by atoms with E-state index in [1.807, 2.05) is 30.3 Å². The molecule has 3 N–H and O–H groups in total. The highest BCUT2D eigenvalue weighted by atomic mass is 16.5. The van der Waals surface area contributed by atoms with Gasteiger partial charge in [0.1, 0.15) is 31.4 Å². The molecule has 0 unspecified atom stereocenters. The highest BCUT2D eigenvalue weighted by Crippen LogP contribution is 2.44. The van der Waals surface area contributed by atoms with E-state index in [1.54, 1.807) is 46.3 Å². The minimum Gasteiger partial charge on any atom is -0.499 e. The van der Waals surface area contributed by atoms with Gasteiger partial charge in [-0.15, -0.1) is 0 Å². The highest BCUT2D eigenvalue weighted by Gasteiger charge is 2.40. The molecule has 15 heteroatoms. The number of hydrogen-bond acceptors (Lipinski definition) is 9. The van der Waals surface area contributed by atoms with Gasteiger partial charge in [-0.25, -0.2) is 0 Å². The number of carbonyl (C=O) groups excluding carboxylic acids is 2. The Morgan fingerprint density at radius 1 is 0.789 bits per heavy atom. The highest BCUT2D eigenvalue weighted by molar-refractivity contribution is 6.40. The third kappa shape index (κ3) is 6.11. The zero-order chi connectivity index (χ0) is 39.8. The summed E-state index contributed by atoms with van der Waals surface area (Å²) in [5.74, 6) is 0.273. The van der Waals surface area contributed by atoms with Gasteiger partial charge >= 0.3 is 0 Å². The maximum absolute atomic E-state index is 13.9. The van der Waals surface area contributed by atoms with Crippen molar-refractivity contribution in [1.29, 1.82) is 0 Å². The number of nitrogens with zero attached hydrogens (tertiary/aromatic N) is 3. The van der Waals surface area contributed by atoms with Crippen LogP contribution in [0, 0.1) is 12.1 Å². The standard InChI is InChI=1S/C42H31B4N5O6/c1-54-35-16-29-31(48-20-27-11-22-7-3-5-9-33(22)50(27)39(29)52)18-37(35)56-41(43,44)24-13-25(15-26(47)14-24)42(45,46)57-38-19-32-30(17-36(38)55-2)40(53)51-28(21-49-32)12-23-8-4-6-10-34(23)51/h3,5-7,9-10,13-20,27-28,49H,11-12,21,47H2,1-2H3/t27-,28-/m0/s1. The zero-order valence-electron chi connectivity index (χ0n) is 31.0. The zero-order valence-corrected chi connectivity index (χ0v) is 31.0. The molecule has 4 aliphatic heterocycles. The maximum atomic E-state index is 13.9. The fraction of sp³-hybridized carbons (Fsp3) is 0.214. The number of anilines is 4. The molecule has 0 fully saturated rings. The Morgan fingerprint density at radius 3 is 2.18 bits per heavy atom. The SMILES string of the molecule is [B]C([B])(Oc1cc2c(cc1OC)C(=O)N1c3ccccc3C[C@H]1C=N2)c1cc(N)cc(C([B])([B])Oc2cc3c(cc2OC)C(=O)N2c4ccc#cc4C[C@H]2CN3)c1. The molecule has 0 saturated heterocycles. The topological polar surface area (TPSA) is 128 Å². The summed E-state index contributed by atoms with van der Waals surface area (Å²) in [6.07, 6.45) is 3.03. The van der Waals surface area contributed by atoms with Crippen molar-refractivity contribution in [2.24, 2.45) is 4.99 Å². The van der Waals surface area contributed by atoms with Crippen LogP contribution in [0.5, 0.6) is 23.0 Å². The van der Waals surface area contributed by atoms with E-state index in [0.717, 1.165) is 22.5 Å². The van der Waals surface area contributed by atoms with Gasteiger partial charge < -0.3 is 34.9 Å². The van der Waals surface area contributed by atoms with E-state index in [4.69, 9.17) is 56.1 Å². The fourth-order valence-electron chi connectivity index (χ4n) is 7.98. The van der Waals surface area contributed by atoms with Gasteiger partial charge in [0.15, 0.2) is 23.0 Å². The summed E-state index contributed by atoms with van der Waals surface area (Å²) in [7, 11) is 29.5. The van der Waals surface area contributed by atoms with Crippen LogP contribution in [0.4, 0.5) is 28.4 Å². The molecule has 0 bridgehead atoms. The van der Waals surface area contributed by atoms with Gasteiger partial charge in [-0.1, -0.05) is 36.4 Å². The van der Waals surface area contributed by atoms with Crippen LogP contribution < -0.4 is 39.8 Å². The molecular formula is C42H31B4N5O6. The van der Waals surface area contributed by atoms with E-state index >= 15 is 0 Å². The van der Waals surface area contributed by atoms with E-state index in [-0.39, 0.29) is 63.7 Å². The number of hydrogen-bond donors (Lipinski definition) is 2. The molecule has 57 heavy (non-hydrogen) atoms. The van der Waals surface area contributed by atoms with Gasteiger partial charge in [-0.2, -0.15) is 0 Å². The van der Waals surface area contributed by atoms with Crippen molar-refractivity contribution < 1.29 is 28.5 Å². The van der Waals surface area contributed by atoms with Crippen LogP contribution in [0.2, 0.25) is 0 Å². The second kappa shape index (κ2) is 13.4. The van der Waals surface area contributed by atoms with Crippen LogP contribution in [0.1, 0.15) is 43.0 Å². The Kier molecular flexibility index (Phi) is 8.50. The lowest BCUT2D eigenvalue weighted by molar-refractivity contribution is 0.0976. The number of benzene rings is 4. The first-order chi connectivity index (χ1) is 27.3. The molecule has 11 nitrogen and oxygen atoms in total. The van der Waals surface area contributed by atoms with Crippen LogP contribution in [0.3, 0.4) is 0 Å². The van der Waals surface area contributed by atoms with Crippen LogP contribution in [0.25, 0.3) is 0 Å². The molecule has 0 aromatic heterocycles. The summed E-state index contributed by atoms with van der Waals surface area (Å²) in [5.41, 5.74) is 12.2. The molecule has 4 heterocycles. The lowest BCUT2D eigenvalue weighted by Gasteiger charge is -2.34. The minimum absolute atomic E-state index is 0.122. The fourth-order valence-corrected chi connectivity index (χ4v) is 7.98. The predicted octanol–water partition coefficient (Wildman–Crippen LogP) is 4.22. The number of carbonyl (C=O) groups is 2. The van der Waals surface area contributed by atoms with E-state index in [2.05, 4.69) is 22.4 Å². The molecule has 2 amide bonds. The molecule has 4 aliphatic rings. The van der Waals surface area contributed by atoms with Crippen molar-refractivity contribution in [2.75, 3.05) is 41.6 Å². The number of amides is 2. The average Bonchev–Trinajstić information content (AvgIpc) is 3.68. The Hall–Kier alpha value is -6.41. The van der Waals surface area contributed by atoms with E-state index < -0.39 is 10.8 Å². The third-order valence-electron chi connectivity index (χ3n) is 10.7. The molecule has 0 aliphatic carbocycles. The third-order valence-corrected chi connectivity index (χ3v) is 10.7. The Bertz CT molecular complexity index is 2530. The number of ether oxygens (including phenoxy) is 4. The smallest absolute Gasteiger partial charge is 0.261 e. The molecule has 2 atom stereocenters. The van der Waals surface area contributed by atoms with Crippen LogP contribution >= 0.6 is 0 Å². The molecule has 0 saturated carbocycles. The first-order valence-corrected chi connectivity index (χ1v) is 18.2. The first kappa shape index (κ1) is 36.2. The summed E-state index contributed by atoms with van der Waals surface area (Å²) in [6, 6.07) is 28.0. The normalized spacial score (nSPS) is 17.7. The summed E-state index contributed by atoms with van der Waals surface area (Å²) in [6.45, 7) is 0.474. The van der Waals surface area contributed by atoms with Gasteiger partial charge in [0.2, 0.25) is 0 Å². The van der Waals surface area contributed by atoms with Crippen molar-refractivity contribution in [3.8, 4) is 23.0 Å². The molecule has 272 valence electrons. The Morgan fingerprint density at radius 2 is 1.46 bits per heavy atom. The number of fused-ring (bicyclic) bond motifs is 8. The largest absolute Gasteiger partial charge is 0.499 e. The monoisotopic (exact) mass is 745 g/mol. The van der Waals surface area contributed by atoms with Gasteiger partial charge in [0.05, 0.1) is 65.3 Å². The quantitative estimate of drug-likeness (QED) is 0.179. The summed E-state index contributed by atoms with van der Waals surface area (Å²) in [4.78, 5) is 36.0. The molecule has 5 aromatic carbocycles. The van der Waals surface area contributed by atoms with Crippen LogP contribution in [-0.2, 0) is 23.6 Å². The molecule has 0 spiro atoms. The number of nitrogens with one attached hydrogen (secondary N) is 1. The number of para-hydroxylation sites is 1. The Labute approximate surface area is 335 Å². The molecular weight excluding hydrogens is 714 g/mol. The van der Waals surface area contributed by atoms with Crippen LogP contribution in [-0.4, -0.2) is 82.3 Å². The van der Waals surface area contributed by atoms with Crippen molar-refractivity contribution >= 4 is 77.9 Å². The number of nitrogen functional groups attached to an aromatic ring is 1. The van der Waals surface area contributed by atoms with Crippen molar-refractivity contribution in [2.45, 2.75) is 35.7 Å². The first-order valence-electron chi connectivity index (χ1n) is 18.2. The minimum atomic E-state index is -2.03. The summed E-state index contributed by atoms with van der Waals surface area (Å²) in [5, 5.41) is -0.683. The van der Waals surface area contributed by atoms with Crippen LogP contribution in [0.15, 0.2) is 83.9 Å². The molecule has 9 rings (SSSR count). The second-order valence-corrected chi connectivity index (χ2v) is 14.4. The van der Waals surface area contributed by atoms with E-state index in [0.29, 0.717) is 41.9 Å². The number of methoxy groups -OCH3 is 2. The number of nitrogens with two attached hydrogens (primary N) is 1. The van der Waals surface area contributed by atoms with Crippen molar-refractivity contribution in [1.82, 2.24) is 0 Å². The molecule has 5 aromatic rings. The lowest BCUT2D eigenvalue weighted by Crippen LogP contribution is -2.39. The number of aliphatic imine (C=N–C) groups is 1. The van der Waals surface area contributed by atoms with Gasteiger partial charge in [-0.05, 0) is 59.2 Å². The lowest BCUT2D eigenvalue weighted by atomic mass is 9.57. The molecule has 8 radical (unpaired) electrons. The number of rotatable bonds is 8. The van der Waals surface area contributed by atoms with Gasteiger partial charge in [0.25, 0.3) is 11.8 Å². The predicted molar refractivity (Wildman–Crippen MR) is 220 cm³/mol. The van der Waals surface area contributed by atoms with Crippen molar-refractivity contribution in [3.05, 3.63) is 124 Å². The second-order valence-electron chi connectivity index (χ2n) is 14.4. The van der Waals surface area contributed by atoms with E-state index in [9.17, 15) is 9.59 Å². The van der Waals surface area contributed by atoms with Crippen molar-refractivity contribution in [3.63, 3.8) is 0 Å². The maximum Gasteiger partial charge on any atom is 0.261 e. The average molecular weight is 745 g/mol. The van der Waals surface area contributed by atoms with E-state index in [1.165, 1.54) is 32.4 Å². The van der Waals surface area contributed by atoms with Gasteiger partial charge in [0, 0.05) is 54.7 Å². The van der Waals surface area contributed by atoms with Gasteiger partial charge in [-0.3, -0.25) is 19.5 Å². The Balaban J connectivity index is 0.995. The summed E-state index contributed by atoms with van der Waals surface area (Å²) >= 11 is 0. The summed E-state index contributed by atoms with van der Waals surface area (Å²) < 4.78 is 23.8.